The van der Waals surface area contributed by atoms with Crippen molar-refractivity contribution in [1.82, 2.24) is 15.1 Å². The van der Waals surface area contributed by atoms with Crippen LogP contribution >= 0.6 is 0 Å². The van der Waals surface area contributed by atoms with Crippen LogP contribution in [0.1, 0.15) is 18.9 Å². The highest BCUT2D eigenvalue weighted by Gasteiger charge is 2.14. The molecule has 126 valence electrons. The number of benzene rings is 1. The Morgan fingerprint density at radius 3 is 2.65 bits per heavy atom. The van der Waals surface area contributed by atoms with Crippen molar-refractivity contribution in [3.63, 3.8) is 0 Å². The molecular formula is C19H29N3O. The summed E-state index contributed by atoms with van der Waals surface area (Å²) in [6.45, 7) is 11.6. The molecule has 4 heteroatoms. The van der Waals surface area contributed by atoms with Crippen molar-refractivity contribution >= 4 is 0 Å². The van der Waals surface area contributed by atoms with Crippen molar-refractivity contribution < 1.29 is 4.74 Å². The summed E-state index contributed by atoms with van der Waals surface area (Å²) >= 11 is 0. The Kier molecular flexibility index (Phi) is 7.96. The predicted octanol–water partition coefficient (Wildman–Crippen LogP) is 1.82. The molecule has 1 heterocycles. The minimum Gasteiger partial charge on any atom is -0.481 e. The second-order valence-corrected chi connectivity index (χ2v) is 5.91. The van der Waals surface area contributed by atoms with Crippen LogP contribution in [-0.4, -0.2) is 62.2 Å². The highest BCUT2D eigenvalue weighted by molar-refractivity contribution is 5.33. The van der Waals surface area contributed by atoms with Crippen LogP contribution in [0, 0.1) is 12.3 Å². The number of likely N-dealkylation sites (N-methyl/N-ethyl adjacent to an activating group) is 1. The smallest absolute Gasteiger partial charge is 0.148 e. The van der Waals surface area contributed by atoms with Gasteiger partial charge in [-0.1, -0.05) is 31.0 Å². The molecule has 1 fully saturated rings. The van der Waals surface area contributed by atoms with Crippen LogP contribution < -0.4 is 10.1 Å². The van der Waals surface area contributed by atoms with Crippen molar-refractivity contribution in [3.8, 4) is 18.1 Å². The van der Waals surface area contributed by atoms with E-state index in [0.29, 0.717) is 6.61 Å². The van der Waals surface area contributed by atoms with Gasteiger partial charge in [-0.15, -0.1) is 6.42 Å². The quantitative estimate of drug-likeness (QED) is 0.556. The normalized spacial score (nSPS) is 16.2. The molecule has 0 aromatic heterocycles. The van der Waals surface area contributed by atoms with Crippen molar-refractivity contribution in [2.24, 2.45) is 0 Å². The van der Waals surface area contributed by atoms with E-state index < -0.39 is 0 Å². The third kappa shape index (κ3) is 6.23. The Morgan fingerprint density at radius 2 is 1.91 bits per heavy atom. The van der Waals surface area contributed by atoms with Crippen LogP contribution in [0.2, 0.25) is 0 Å². The Bertz CT molecular complexity index is 490. The first-order valence-electron chi connectivity index (χ1n) is 8.63. The average molecular weight is 315 g/mol. The van der Waals surface area contributed by atoms with Crippen molar-refractivity contribution in [2.45, 2.75) is 19.9 Å². The summed E-state index contributed by atoms with van der Waals surface area (Å²) in [6.07, 6.45) is 6.44. The maximum atomic E-state index is 5.57. The number of nitrogens with one attached hydrogen (secondary N) is 1. The Hall–Kier alpha value is -1.54. The molecule has 0 atom stereocenters. The molecule has 23 heavy (non-hydrogen) atoms. The van der Waals surface area contributed by atoms with Crippen molar-refractivity contribution in [2.75, 3.05) is 52.4 Å². The second kappa shape index (κ2) is 10.3. The lowest BCUT2D eigenvalue weighted by molar-refractivity contribution is 0.136. The number of ether oxygens (including phenoxy) is 1. The molecule has 0 amide bonds. The largest absolute Gasteiger partial charge is 0.481 e. The summed E-state index contributed by atoms with van der Waals surface area (Å²) in [5, 5.41) is 3.51. The lowest BCUT2D eigenvalue weighted by Crippen LogP contribution is -2.46. The van der Waals surface area contributed by atoms with Gasteiger partial charge in [0.15, 0.2) is 0 Å². The Balaban J connectivity index is 1.62. The van der Waals surface area contributed by atoms with Gasteiger partial charge in [0.2, 0.25) is 0 Å². The molecule has 0 aliphatic carbocycles. The predicted molar refractivity (Wildman–Crippen MR) is 95.6 cm³/mol. The Morgan fingerprint density at radius 1 is 1.17 bits per heavy atom. The molecule has 0 spiro atoms. The molecule has 0 bridgehead atoms. The fourth-order valence-corrected chi connectivity index (χ4v) is 2.89. The zero-order chi connectivity index (χ0) is 16.3. The van der Waals surface area contributed by atoms with Crippen LogP contribution in [0.25, 0.3) is 0 Å². The fourth-order valence-electron chi connectivity index (χ4n) is 2.89. The average Bonchev–Trinajstić information content (AvgIpc) is 2.61. The molecule has 4 nitrogen and oxygen atoms in total. The van der Waals surface area contributed by atoms with E-state index in [2.05, 4.69) is 34.0 Å². The van der Waals surface area contributed by atoms with E-state index in [9.17, 15) is 0 Å². The minimum atomic E-state index is 0.320. The first-order chi connectivity index (χ1) is 11.3. The van der Waals surface area contributed by atoms with Crippen LogP contribution in [0.15, 0.2) is 24.3 Å². The van der Waals surface area contributed by atoms with E-state index in [4.69, 9.17) is 11.2 Å². The Labute approximate surface area is 140 Å². The van der Waals surface area contributed by atoms with Crippen molar-refractivity contribution in [3.05, 3.63) is 29.8 Å². The van der Waals surface area contributed by atoms with Gasteiger partial charge in [0, 0.05) is 38.3 Å². The number of hydrogen-bond donors (Lipinski definition) is 1. The van der Waals surface area contributed by atoms with Gasteiger partial charge in [0.25, 0.3) is 0 Å². The summed E-state index contributed by atoms with van der Waals surface area (Å²) in [5.74, 6) is 3.39. The summed E-state index contributed by atoms with van der Waals surface area (Å²) in [7, 11) is 0. The lowest BCUT2D eigenvalue weighted by atomic mass is 10.2. The summed E-state index contributed by atoms with van der Waals surface area (Å²) in [6, 6.07) is 8.07. The molecule has 0 radical (unpaired) electrons. The van der Waals surface area contributed by atoms with E-state index >= 15 is 0 Å². The highest BCUT2D eigenvalue weighted by atomic mass is 16.5. The molecule has 1 N–H and O–H groups in total. The zero-order valence-corrected chi connectivity index (χ0v) is 14.3. The molecule has 1 aromatic carbocycles. The third-order valence-corrected chi connectivity index (χ3v) is 4.34. The van der Waals surface area contributed by atoms with E-state index in [-0.39, 0.29) is 0 Å². The van der Waals surface area contributed by atoms with E-state index in [1.807, 2.05) is 18.2 Å². The molecule has 1 aliphatic heterocycles. The van der Waals surface area contributed by atoms with Gasteiger partial charge in [0.05, 0.1) is 0 Å². The van der Waals surface area contributed by atoms with Crippen LogP contribution in [0.3, 0.4) is 0 Å². The van der Waals surface area contributed by atoms with Gasteiger partial charge in [-0.2, -0.15) is 0 Å². The topological polar surface area (TPSA) is 27.7 Å². The van der Waals surface area contributed by atoms with Gasteiger partial charge in [0.1, 0.15) is 12.4 Å². The standard InChI is InChI=1S/C19H29N3O/c1-3-16-23-19-9-6-5-8-18(19)17-20-10-7-11-22-14-12-21(4-2)13-15-22/h1,5-6,8-9,20H,4,7,10-17H2,2H3. The van der Waals surface area contributed by atoms with E-state index in [1.165, 1.54) is 51.3 Å². The maximum Gasteiger partial charge on any atom is 0.148 e. The van der Waals surface area contributed by atoms with Gasteiger partial charge >= 0.3 is 0 Å². The van der Waals surface area contributed by atoms with Gasteiger partial charge < -0.3 is 19.9 Å². The molecule has 0 unspecified atom stereocenters. The summed E-state index contributed by atoms with van der Waals surface area (Å²) < 4.78 is 5.57. The van der Waals surface area contributed by atoms with Gasteiger partial charge in [-0.3, -0.25) is 0 Å². The molecule has 1 aliphatic rings. The number of rotatable bonds is 9. The minimum absolute atomic E-state index is 0.320. The second-order valence-electron chi connectivity index (χ2n) is 5.91. The van der Waals surface area contributed by atoms with Crippen LogP contribution in [0.4, 0.5) is 0 Å². The molecule has 1 aromatic rings. The number of nitrogens with zero attached hydrogens (tertiary/aromatic N) is 2. The van der Waals surface area contributed by atoms with Crippen LogP contribution in [0.5, 0.6) is 5.75 Å². The zero-order valence-electron chi connectivity index (χ0n) is 14.3. The van der Waals surface area contributed by atoms with E-state index in [1.54, 1.807) is 0 Å². The molecule has 1 saturated heterocycles. The monoisotopic (exact) mass is 315 g/mol. The first-order valence-corrected chi connectivity index (χ1v) is 8.63. The molecule has 2 rings (SSSR count). The number of piperazine rings is 1. The summed E-state index contributed by atoms with van der Waals surface area (Å²) in [4.78, 5) is 5.08. The number of terminal acetylenes is 1. The third-order valence-electron chi connectivity index (χ3n) is 4.34. The number of para-hydroxylation sites is 1. The van der Waals surface area contributed by atoms with E-state index in [0.717, 1.165) is 18.8 Å². The number of hydrogen-bond acceptors (Lipinski definition) is 4. The van der Waals surface area contributed by atoms with Crippen LogP contribution in [-0.2, 0) is 6.54 Å². The first kappa shape index (κ1) is 17.8. The molecule has 0 saturated carbocycles. The van der Waals surface area contributed by atoms with Gasteiger partial charge in [-0.05, 0) is 32.1 Å². The summed E-state index contributed by atoms with van der Waals surface area (Å²) in [5.41, 5.74) is 1.17. The highest BCUT2D eigenvalue weighted by Crippen LogP contribution is 2.17. The molecular weight excluding hydrogens is 286 g/mol. The maximum absolute atomic E-state index is 5.57. The SMILES string of the molecule is C#CCOc1ccccc1CNCCCN1CCN(CC)CC1. The van der Waals surface area contributed by atoms with Gasteiger partial charge in [-0.25, -0.2) is 0 Å². The lowest BCUT2D eigenvalue weighted by Gasteiger charge is -2.34. The van der Waals surface area contributed by atoms with Crippen molar-refractivity contribution in [1.29, 1.82) is 0 Å². The fraction of sp³-hybridized carbons (Fsp3) is 0.579.